The first-order valence-electron chi connectivity index (χ1n) is 3.80. The van der Waals surface area contributed by atoms with Crippen LogP contribution in [0.3, 0.4) is 0 Å². The van der Waals surface area contributed by atoms with Crippen LogP contribution in [-0.4, -0.2) is 46.6 Å². The van der Waals surface area contributed by atoms with Crippen LogP contribution in [0, 0.1) is 0 Å². The van der Waals surface area contributed by atoms with Gasteiger partial charge in [-0.2, -0.15) is 0 Å². The van der Waals surface area contributed by atoms with Gasteiger partial charge in [0.25, 0.3) is 0 Å². The minimum Gasteiger partial charge on any atom is -0.481 e. The van der Waals surface area contributed by atoms with Gasteiger partial charge < -0.3 is 20.6 Å². The average molecular weight is 177 g/mol. The maximum Gasteiger partial charge on any atom is 0.306 e. The number of hydrogen-bond acceptors (Lipinski definition) is 4. The summed E-state index contributed by atoms with van der Waals surface area (Å²) in [5.74, 6) is -1.03. The predicted molar refractivity (Wildman–Crippen MR) is 42.8 cm³/mol. The van der Waals surface area contributed by atoms with Crippen molar-refractivity contribution < 1.29 is 20.1 Å². The fraction of sp³-hybridized carbons (Fsp3) is 0.857. The summed E-state index contributed by atoms with van der Waals surface area (Å²) in [5, 5.41) is 28.7. The second-order valence-electron chi connectivity index (χ2n) is 2.74. The number of nitrogens with one attached hydrogen (secondary N) is 1. The number of aliphatic hydroxyl groups is 2. The van der Waals surface area contributed by atoms with Crippen molar-refractivity contribution in [3.8, 4) is 0 Å². The first kappa shape index (κ1) is 11.4. The number of aliphatic carboxylic acids is 1. The maximum absolute atomic E-state index is 10.1. The molecule has 0 aromatic carbocycles. The van der Waals surface area contributed by atoms with E-state index in [1.54, 1.807) is 6.92 Å². The fourth-order valence-electron chi connectivity index (χ4n) is 0.676. The van der Waals surface area contributed by atoms with Crippen LogP contribution in [0.4, 0.5) is 0 Å². The smallest absolute Gasteiger partial charge is 0.306 e. The number of carboxylic acid groups (broad SMARTS) is 1. The van der Waals surface area contributed by atoms with Crippen LogP contribution in [0.1, 0.15) is 13.3 Å². The maximum atomic E-state index is 10.1. The van der Waals surface area contributed by atoms with Gasteiger partial charge in [0.05, 0.1) is 19.1 Å². The molecule has 4 N–H and O–H groups in total. The standard InChI is InChI=1S/C7H15NO4/c1-5(4-9)8-3-6(10)2-7(11)12/h5-6,8-10H,2-4H2,1H3,(H,11,12). The van der Waals surface area contributed by atoms with Gasteiger partial charge >= 0.3 is 5.97 Å². The second kappa shape index (κ2) is 5.93. The van der Waals surface area contributed by atoms with Crippen LogP contribution in [0.15, 0.2) is 0 Å². The molecular weight excluding hydrogens is 162 g/mol. The van der Waals surface area contributed by atoms with Crippen molar-refractivity contribution >= 4 is 5.97 Å². The summed E-state index contributed by atoms with van der Waals surface area (Å²) >= 11 is 0. The minimum absolute atomic E-state index is 0.0280. The molecule has 72 valence electrons. The Kier molecular flexibility index (Phi) is 5.61. The largest absolute Gasteiger partial charge is 0.481 e. The Morgan fingerprint density at radius 2 is 2.17 bits per heavy atom. The van der Waals surface area contributed by atoms with Gasteiger partial charge in [0.15, 0.2) is 0 Å². The van der Waals surface area contributed by atoms with Gasteiger partial charge in [0, 0.05) is 12.6 Å². The second-order valence-corrected chi connectivity index (χ2v) is 2.74. The van der Waals surface area contributed by atoms with Crippen molar-refractivity contribution in [2.24, 2.45) is 0 Å². The molecule has 0 aromatic rings. The zero-order valence-electron chi connectivity index (χ0n) is 7.03. The molecule has 0 fully saturated rings. The molecule has 0 saturated heterocycles. The summed E-state index contributed by atoms with van der Waals surface area (Å²) in [6.07, 6.45) is -1.16. The van der Waals surface area contributed by atoms with E-state index >= 15 is 0 Å². The minimum atomic E-state index is -1.03. The molecule has 0 radical (unpaired) electrons. The van der Waals surface area contributed by atoms with E-state index in [0.717, 1.165) is 0 Å². The third kappa shape index (κ3) is 6.09. The normalized spacial score (nSPS) is 15.6. The van der Waals surface area contributed by atoms with E-state index in [9.17, 15) is 4.79 Å². The van der Waals surface area contributed by atoms with Gasteiger partial charge in [-0.3, -0.25) is 4.79 Å². The number of rotatable bonds is 6. The fourth-order valence-corrected chi connectivity index (χ4v) is 0.676. The first-order chi connectivity index (χ1) is 5.56. The molecule has 0 amide bonds. The van der Waals surface area contributed by atoms with E-state index in [2.05, 4.69) is 5.32 Å². The molecule has 0 heterocycles. The van der Waals surface area contributed by atoms with Crippen molar-refractivity contribution in [2.75, 3.05) is 13.2 Å². The van der Waals surface area contributed by atoms with E-state index in [-0.39, 0.29) is 25.6 Å². The predicted octanol–water partition coefficient (Wildman–Crippen LogP) is -1.21. The number of hydrogen-bond donors (Lipinski definition) is 4. The molecule has 0 saturated carbocycles. The van der Waals surface area contributed by atoms with E-state index in [1.165, 1.54) is 0 Å². The van der Waals surface area contributed by atoms with Gasteiger partial charge in [-0.05, 0) is 6.92 Å². The van der Waals surface area contributed by atoms with E-state index in [1.807, 2.05) is 0 Å². The highest BCUT2D eigenvalue weighted by Gasteiger charge is 2.09. The van der Waals surface area contributed by atoms with E-state index < -0.39 is 12.1 Å². The lowest BCUT2D eigenvalue weighted by atomic mass is 10.2. The van der Waals surface area contributed by atoms with Gasteiger partial charge in [-0.1, -0.05) is 0 Å². The van der Waals surface area contributed by atoms with Crippen LogP contribution >= 0.6 is 0 Å². The summed E-state index contributed by atoms with van der Waals surface area (Å²) in [5.41, 5.74) is 0. The van der Waals surface area contributed by atoms with Crippen molar-refractivity contribution in [1.29, 1.82) is 0 Å². The first-order valence-corrected chi connectivity index (χ1v) is 3.80. The number of carbonyl (C=O) groups is 1. The molecule has 0 aliphatic rings. The summed E-state index contributed by atoms with van der Waals surface area (Å²) in [6, 6.07) is -0.117. The molecule has 12 heavy (non-hydrogen) atoms. The zero-order chi connectivity index (χ0) is 9.56. The molecule has 5 heteroatoms. The molecular formula is C7H15NO4. The SMILES string of the molecule is CC(CO)NCC(O)CC(=O)O. The molecule has 0 aliphatic heterocycles. The highest BCUT2D eigenvalue weighted by atomic mass is 16.4. The average Bonchev–Trinajstić information content (AvgIpc) is 1.99. The molecule has 5 nitrogen and oxygen atoms in total. The van der Waals surface area contributed by atoms with Crippen LogP contribution in [0.25, 0.3) is 0 Å². The summed E-state index contributed by atoms with van der Waals surface area (Å²) in [7, 11) is 0. The Morgan fingerprint density at radius 3 is 2.58 bits per heavy atom. The van der Waals surface area contributed by atoms with Crippen LogP contribution < -0.4 is 5.32 Å². The van der Waals surface area contributed by atoms with Crippen LogP contribution in [0.5, 0.6) is 0 Å². The number of carboxylic acids is 1. The monoisotopic (exact) mass is 177 g/mol. The molecule has 0 aliphatic carbocycles. The number of aliphatic hydroxyl groups excluding tert-OH is 2. The Bertz CT molecular complexity index is 139. The van der Waals surface area contributed by atoms with Crippen molar-refractivity contribution in [1.82, 2.24) is 5.32 Å². The Balaban J connectivity index is 3.43. The third-order valence-electron chi connectivity index (χ3n) is 1.39. The van der Waals surface area contributed by atoms with Crippen molar-refractivity contribution in [3.63, 3.8) is 0 Å². The zero-order valence-corrected chi connectivity index (χ0v) is 7.03. The Hall–Kier alpha value is -0.650. The quantitative estimate of drug-likeness (QED) is 0.409. The molecule has 0 spiro atoms. The van der Waals surface area contributed by atoms with Crippen molar-refractivity contribution in [3.05, 3.63) is 0 Å². The molecule has 2 atom stereocenters. The lowest BCUT2D eigenvalue weighted by Gasteiger charge is -2.13. The van der Waals surface area contributed by atoms with Crippen LogP contribution in [-0.2, 0) is 4.79 Å². The Labute approximate surface area is 71.0 Å². The third-order valence-corrected chi connectivity index (χ3v) is 1.39. The highest BCUT2D eigenvalue weighted by Crippen LogP contribution is 1.90. The summed E-state index contributed by atoms with van der Waals surface area (Å²) < 4.78 is 0. The lowest BCUT2D eigenvalue weighted by molar-refractivity contribution is -0.139. The summed E-state index contributed by atoms with van der Waals surface area (Å²) in [4.78, 5) is 10.1. The molecule has 0 aromatic heterocycles. The van der Waals surface area contributed by atoms with Gasteiger partial charge in [0.1, 0.15) is 0 Å². The van der Waals surface area contributed by atoms with Gasteiger partial charge in [0.2, 0.25) is 0 Å². The molecule has 2 unspecified atom stereocenters. The lowest BCUT2D eigenvalue weighted by Crippen LogP contribution is -2.36. The molecule has 0 bridgehead atoms. The summed E-state index contributed by atoms with van der Waals surface area (Å²) in [6.45, 7) is 1.90. The van der Waals surface area contributed by atoms with Crippen molar-refractivity contribution in [2.45, 2.75) is 25.5 Å². The van der Waals surface area contributed by atoms with E-state index in [0.29, 0.717) is 0 Å². The topological polar surface area (TPSA) is 89.8 Å². The van der Waals surface area contributed by atoms with Crippen LogP contribution in [0.2, 0.25) is 0 Å². The van der Waals surface area contributed by atoms with Gasteiger partial charge in [-0.25, -0.2) is 0 Å². The Morgan fingerprint density at radius 1 is 1.58 bits per heavy atom. The van der Waals surface area contributed by atoms with Gasteiger partial charge in [-0.15, -0.1) is 0 Å². The highest BCUT2D eigenvalue weighted by molar-refractivity contribution is 5.67. The molecule has 0 rings (SSSR count). The van der Waals surface area contributed by atoms with E-state index in [4.69, 9.17) is 15.3 Å².